The molecule has 0 amide bonds. The summed E-state index contributed by atoms with van der Waals surface area (Å²) in [6.07, 6.45) is 0. The highest BCUT2D eigenvalue weighted by Gasteiger charge is 2.16. The second-order valence-corrected chi connectivity index (χ2v) is 3.51. The average Bonchev–Trinajstić information content (AvgIpc) is 2.50. The Labute approximate surface area is 88.4 Å². The standard InChI is InChI=1S/C8H4Cl2N2O2/c9-3-1-2-4(10)6-5(3)7(12-14)8(13)11-6/h1-2,11,13H. The van der Waals surface area contributed by atoms with Crippen LogP contribution < -0.4 is 0 Å². The van der Waals surface area contributed by atoms with Gasteiger partial charge in [0.15, 0.2) is 5.69 Å². The van der Waals surface area contributed by atoms with Crippen LogP contribution in [0.3, 0.4) is 0 Å². The lowest BCUT2D eigenvalue weighted by Crippen LogP contribution is -1.71. The van der Waals surface area contributed by atoms with Gasteiger partial charge in [0.05, 0.1) is 20.9 Å². The number of halogens is 2. The maximum Gasteiger partial charge on any atom is 0.219 e. The molecule has 0 aliphatic carbocycles. The summed E-state index contributed by atoms with van der Waals surface area (Å²) < 4.78 is 0. The second kappa shape index (κ2) is 3.15. The van der Waals surface area contributed by atoms with Crippen molar-refractivity contribution in [3.05, 3.63) is 27.1 Å². The van der Waals surface area contributed by atoms with E-state index in [1.165, 1.54) is 6.07 Å². The van der Waals surface area contributed by atoms with E-state index in [9.17, 15) is 10.0 Å². The van der Waals surface area contributed by atoms with Gasteiger partial charge in [-0.25, -0.2) is 0 Å². The van der Waals surface area contributed by atoms with E-state index >= 15 is 0 Å². The van der Waals surface area contributed by atoms with E-state index in [1.54, 1.807) is 6.07 Å². The van der Waals surface area contributed by atoms with Gasteiger partial charge in [-0.2, -0.15) is 0 Å². The zero-order valence-corrected chi connectivity index (χ0v) is 8.23. The van der Waals surface area contributed by atoms with E-state index < -0.39 is 0 Å². The Balaban J connectivity index is 3.00. The van der Waals surface area contributed by atoms with Crippen LogP contribution in [0.1, 0.15) is 0 Å². The van der Waals surface area contributed by atoms with E-state index in [0.29, 0.717) is 20.9 Å². The van der Waals surface area contributed by atoms with Crippen molar-refractivity contribution in [2.75, 3.05) is 0 Å². The van der Waals surface area contributed by atoms with Crippen molar-refractivity contribution in [2.45, 2.75) is 0 Å². The molecule has 0 bridgehead atoms. The Kier molecular flexibility index (Phi) is 2.09. The van der Waals surface area contributed by atoms with Crippen LogP contribution >= 0.6 is 23.2 Å². The molecule has 4 nitrogen and oxygen atoms in total. The van der Waals surface area contributed by atoms with Gasteiger partial charge in [-0.15, -0.1) is 4.91 Å². The van der Waals surface area contributed by atoms with Crippen molar-refractivity contribution in [3.63, 3.8) is 0 Å². The highest BCUT2D eigenvalue weighted by molar-refractivity contribution is 6.41. The number of hydrogen-bond donors (Lipinski definition) is 2. The molecule has 0 saturated carbocycles. The zero-order chi connectivity index (χ0) is 10.3. The average molecular weight is 231 g/mol. The van der Waals surface area contributed by atoms with E-state index in [4.69, 9.17) is 23.2 Å². The Morgan fingerprint density at radius 1 is 1.29 bits per heavy atom. The SMILES string of the molecule is O=Nc1c(O)[nH]c2c(Cl)ccc(Cl)c12. The van der Waals surface area contributed by atoms with Gasteiger partial charge in [-0.05, 0) is 17.3 Å². The van der Waals surface area contributed by atoms with Crippen LogP contribution in [0.2, 0.25) is 10.0 Å². The first-order valence-corrected chi connectivity index (χ1v) is 4.42. The van der Waals surface area contributed by atoms with Crippen LogP contribution in [0.25, 0.3) is 10.9 Å². The number of nitrogens with zero attached hydrogens (tertiary/aromatic N) is 1. The monoisotopic (exact) mass is 230 g/mol. The molecule has 6 heteroatoms. The number of nitrogens with one attached hydrogen (secondary N) is 1. The first kappa shape index (κ1) is 9.30. The summed E-state index contributed by atoms with van der Waals surface area (Å²) in [5.74, 6) is -0.329. The molecule has 0 aliphatic heterocycles. The third-order valence-corrected chi connectivity index (χ3v) is 2.53. The fourth-order valence-electron chi connectivity index (χ4n) is 1.29. The first-order chi connectivity index (χ1) is 6.65. The topological polar surface area (TPSA) is 65.4 Å². The summed E-state index contributed by atoms with van der Waals surface area (Å²) in [6.45, 7) is 0. The molecule has 0 fully saturated rings. The predicted molar refractivity (Wildman–Crippen MR) is 55.4 cm³/mol. The predicted octanol–water partition coefficient (Wildman–Crippen LogP) is 3.58. The van der Waals surface area contributed by atoms with Gasteiger partial charge in [0.25, 0.3) is 0 Å². The van der Waals surface area contributed by atoms with Crippen molar-refractivity contribution in [2.24, 2.45) is 5.18 Å². The van der Waals surface area contributed by atoms with Gasteiger partial charge in [0.1, 0.15) is 0 Å². The molecule has 2 aromatic rings. The number of fused-ring (bicyclic) bond motifs is 1. The fraction of sp³-hybridized carbons (Fsp3) is 0. The Hall–Kier alpha value is -1.26. The molecule has 14 heavy (non-hydrogen) atoms. The number of aromatic nitrogens is 1. The molecular formula is C8H4Cl2N2O2. The lowest BCUT2D eigenvalue weighted by atomic mass is 10.2. The molecule has 1 aromatic heterocycles. The summed E-state index contributed by atoms with van der Waals surface area (Å²) in [5.41, 5.74) is 0.291. The molecule has 0 aliphatic rings. The van der Waals surface area contributed by atoms with Gasteiger partial charge in [-0.3, -0.25) is 0 Å². The molecular weight excluding hydrogens is 227 g/mol. The van der Waals surface area contributed by atoms with Gasteiger partial charge < -0.3 is 10.1 Å². The minimum absolute atomic E-state index is 0.118. The first-order valence-electron chi connectivity index (χ1n) is 3.67. The second-order valence-electron chi connectivity index (χ2n) is 2.69. The molecule has 2 rings (SSSR count). The van der Waals surface area contributed by atoms with Gasteiger partial charge in [0, 0.05) is 0 Å². The summed E-state index contributed by atoms with van der Waals surface area (Å²) in [6, 6.07) is 3.10. The molecule has 72 valence electrons. The summed E-state index contributed by atoms with van der Waals surface area (Å²) in [4.78, 5) is 13.0. The third kappa shape index (κ3) is 1.15. The van der Waals surface area contributed by atoms with Crippen LogP contribution in [-0.4, -0.2) is 10.1 Å². The number of aromatic amines is 1. The van der Waals surface area contributed by atoms with E-state index in [2.05, 4.69) is 10.2 Å². The molecule has 0 saturated heterocycles. The maximum atomic E-state index is 10.4. The quantitative estimate of drug-likeness (QED) is 0.736. The smallest absolute Gasteiger partial charge is 0.219 e. The highest BCUT2D eigenvalue weighted by atomic mass is 35.5. The number of rotatable bonds is 1. The van der Waals surface area contributed by atoms with Crippen molar-refractivity contribution in [1.29, 1.82) is 0 Å². The summed E-state index contributed by atoms with van der Waals surface area (Å²) >= 11 is 11.7. The number of nitroso groups, excluding NO2 is 1. The van der Waals surface area contributed by atoms with Crippen LogP contribution in [0.15, 0.2) is 17.3 Å². The zero-order valence-electron chi connectivity index (χ0n) is 6.71. The largest absolute Gasteiger partial charge is 0.493 e. The lowest BCUT2D eigenvalue weighted by Gasteiger charge is -1.95. The molecule has 1 aromatic carbocycles. The Morgan fingerprint density at radius 3 is 2.57 bits per heavy atom. The van der Waals surface area contributed by atoms with Crippen molar-refractivity contribution >= 4 is 39.8 Å². The molecule has 0 atom stereocenters. The third-order valence-electron chi connectivity index (χ3n) is 1.90. The lowest BCUT2D eigenvalue weighted by molar-refractivity contribution is 0.460. The molecule has 0 unspecified atom stereocenters. The number of hydrogen-bond acceptors (Lipinski definition) is 3. The fourth-order valence-corrected chi connectivity index (χ4v) is 1.74. The van der Waals surface area contributed by atoms with Crippen molar-refractivity contribution in [1.82, 2.24) is 4.98 Å². The van der Waals surface area contributed by atoms with E-state index in [0.717, 1.165) is 0 Å². The van der Waals surface area contributed by atoms with Crippen molar-refractivity contribution < 1.29 is 5.11 Å². The van der Waals surface area contributed by atoms with Gasteiger partial charge in [-0.1, -0.05) is 23.2 Å². The minimum Gasteiger partial charge on any atom is -0.493 e. The van der Waals surface area contributed by atoms with Crippen molar-refractivity contribution in [3.8, 4) is 5.88 Å². The Bertz CT molecular complexity index is 522. The van der Waals surface area contributed by atoms with Gasteiger partial charge >= 0.3 is 0 Å². The number of benzene rings is 1. The normalized spacial score (nSPS) is 10.7. The van der Waals surface area contributed by atoms with Crippen LogP contribution in [0, 0.1) is 4.91 Å². The molecule has 1 heterocycles. The van der Waals surface area contributed by atoms with E-state index in [1.807, 2.05) is 0 Å². The summed E-state index contributed by atoms with van der Waals surface area (Å²) in [7, 11) is 0. The van der Waals surface area contributed by atoms with E-state index in [-0.39, 0.29) is 11.6 Å². The van der Waals surface area contributed by atoms with Crippen LogP contribution in [0.5, 0.6) is 5.88 Å². The molecule has 0 spiro atoms. The highest BCUT2D eigenvalue weighted by Crippen LogP contribution is 2.41. The minimum atomic E-state index is -0.329. The number of aromatic hydroxyl groups is 1. The molecule has 0 radical (unpaired) electrons. The molecule has 2 N–H and O–H groups in total. The maximum absolute atomic E-state index is 10.4. The summed E-state index contributed by atoms with van der Waals surface area (Å²) in [5, 5.41) is 13.0. The Morgan fingerprint density at radius 2 is 1.93 bits per heavy atom. The van der Waals surface area contributed by atoms with Gasteiger partial charge in [0.2, 0.25) is 5.88 Å². The van der Waals surface area contributed by atoms with Crippen LogP contribution in [-0.2, 0) is 0 Å². The number of H-pyrrole nitrogens is 1. The van der Waals surface area contributed by atoms with Crippen LogP contribution in [0.4, 0.5) is 5.69 Å².